The summed E-state index contributed by atoms with van der Waals surface area (Å²) in [6, 6.07) is 12.8. The van der Waals surface area contributed by atoms with Crippen LogP contribution in [0.25, 0.3) is 0 Å². The van der Waals surface area contributed by atoms with Crippen molar-refractivity contribution in [3.63, 3.8) is 0 Å². The van der Waals surface area contributed by atoms with E-state index in [4.69, 9.17) is 32.6 Å². The van der Waals surface area contributed by atoms with Crippen LogP contribution in [0.4, 0.5) is 18.9 Å². The highest BCUT2D eigenvalue weighted by Crippen LogP contribution is 2.20. The highest BCUT2D eigenvalue weighted by atomic mass is 35.5. The molecule has 6 N–H and O–H groups in total. The standard InChI is InChI=1S/C14H15ClN4O2S.C2HF3O2/c15-11-4-2-6-13(8-11)22(20,21)19-12-5-1-3-10(7-12)9-18-14(16)17;3-2(4,5)1(6)7/h1-8,19H,9H2,(H4,16,17,18);(H,6,7). The lowest BCUT2D eigenvalue weighted by Gasteiger charge is -2.10. The fraction of sp³-hybridized carbons (Fsp3) is 0.125. The van der Waals surface area contributed by atoms with Crippen LogP contribution >= 0.6 is 11.6 Å². The molecule has 0 aliphatic rings. The summed E-state index contributed by atoms with van der Waals surface area (Å²) in [6.45, 7) is 0.335. The van der Waals surface area contributed by atoms with E-state index >= 15 is 0 Å². The Morgan fingerprint density at radius 3 is 2.28 bits per heavy atom. The van der Waals surface area contributed by atoms with Gasteiger partial charge in [-0.3, -0.25) is 10.1 Å². The molecule has 0 fully saturated rings. The number of guanidine groups is 1. The zero-order chi connectivity index (χ0) is 22.2. The molecular formula is C16H16ClF3N4O4S. The number of carboxylic acids is 1. The minimum absolute atomic E-state index is 0.0901. The topological polar surface area (TPSA) is 145 Å². The van der Waals surface area contributed by atoms with Gasteiger partial charge in [0.15, 0.2) is 5.96 Å². The summed E-state index contributed by atoms with van der Waals surface area (Å²) < 4.78 is 58.8. The van der Waals surface area contributed by atoms with E-state index in [2.05, 4.69) is 10.0 Å². The van der Waals surface area contributed by atoms with Gasteiger partial charge < -0.3 is 16.2 Å². The zero-order valence-corrected chi connectivity index (χ0v) is 16.1. The van der Waals surface area contributed by atoms with E-state index < -0.39 is 22.2 Å². The first-order valence-corrected chi connectivity index (χ1v) is 9.42. The van der Waals surface area contributed by atoms with E-state index in [-0.39, 0.29) is 10.9 Å². The van der Waals surface area contributed by atoms with Crippen molar-refractivity contribution < 1.29 is 31.5 Å². The number of aliphatic carboxylic acids is 1. The molecule has 0 heterocycles. The predicted octanol–water partition coefficient (Wildman–Crippen LogP) is 2.76. The van der Waals surface area contributed by atoms with Gasteiger partial charge in [0.25, 0.3) is 10.0 Å². The molecular weight excluding hydrogens is 437 g/mol. The largest absolute Gasteiger partial charge is 0.490 e. The highest BCUT2D eigenvalue weighted by Gasteiger charge is 2.38. The average molecular weight is 453 g/mol. The third-order valence-corrected chi connectivity index (χ3v) is 4.63. The van der Waals surface area contributed by atoms with Crippen molar-refractivity contribution in [1.82, 2.24) is 5.32 Å². The Balaban J connectivity index is 0.000000516. The third-order valence-electron chi connectivity index (χ3n) is 3.01. The fourth-order valence-corrected chi connectivity index (χ4v) is 3.14. The lowest BCUT2D eigenvalue weighted by Crippen LogP contribution is -2.29. The van der Waals surface area contributed by atoms with Crippen molar-refractivity contribution in [3.8, 4) is 0 Å². The molecule has 2 aromatic carbocycles. The molecule has 0 atom stereocenters. The molecule has 29 heavy (non-hydrogen) atoms. The second-order valence-corrected chi connectivity index (χ2v) is 7.45. The van der Waals surface area contributed by atoms with Gasteiger partial charge in [0.05, 0.1) is 4.90 Å². The Morgan fingerprint density at radius 2 is 1.76 bits per heavy atom. The van der Waals surface area contributed by atoms with E-state index in [1.54, 1.807) is 36.4 Å². The number of sulfonamides is 1. The van der Waals surface area contributed by atoms with Crippen LogP contribution in [0.3, 0.4) is 0 Å². The van der Waals surface area contributed by atoms with Crippen LogP contribution in [-0.2, 0) is 21.4 Å². The van der Waals surface area contributed by atoms with Gasteiger partial charge in [-0.2, -0.15) is 13.2 Å². The first-order chi connectivity index (χ1) is 13.3. The van der Waals surface area contributed by atoms with Crippen LogP contribution in [0.15, 0.2) is 53.4 Å². The van der Waals surface area contributed by atoms with E-state index in [1.807, 2.05) is 0 Å². The van der Waals surface area contributed by atoms with Crippen molar-refractivity contribution in [2.75, 3.05) is 4.72 Å². The number of rotatable bonds is 5. The molecule has 0 saturated heterocycles. The number of anilines is 1. The van der Waals surface area contributed by atoms with Crippen LogP contribution in [0.5, 0.6) is 0 Å². The monoisotopic (exact) mass is 452 g/mol. The maximum Gasteiger partial charge on any atom is 0.490 e. The highest BCUT2D eigenvalue weighted by molar-refractivity contribution is 7.92. The number of hydrogen-bond acceptors (Lipinski definition) is 4. The average Bonchev–Trinajstić information content (AvgIpc) is 2.59. The number of carbonyl (C=O) groups is 1. The summed E-state index contributed by atoms with van der Waals surface area (Å²) in [4.78, 5) is 8.99. The summed E-state index contributed by atoms with van der Waals surface area (Å²) in [5.74, 6) is -2.91. The molecule has 0 aromatic heterocycles. The number of nitrogens with two attached hydrogens (primary N) is 1. The first-order valence-electron chi connectivity index (χ1n) is 7.56. The lowest BCUT2D eigenvalue weighted by molar-refractivity contribution is -0.192. The Morgan fingerprint density at radius 1 is 1.17 bits per heavy atom. The summed E-state index contributed by atoms with van der Waals surface area (Å²) in [5.41, 5.74) is 6.43. The van der Waals surface area contributed by atoms with Gasteiger partial charge in [0.2, 0.25) is 0 Å². The van der Waals surface area contributed by atoms with Gasteiger partial charge in [-0.15, -0.1) is 0 Å². The van der Waals surface area contributed by atoms with E-state index in [0.717, 1.165) is 5.56 Å². The minimum atomic E-state index is -5.08. The van der Waals surface area contributed by atoms with E-state index in [1.165, 1.54) is 12.1 Å². The lowest BCUT2D eigenvalue weighted by atomic mass is 10.2. The van der Waals surface area contributed by atoms with Gasteiger partial charge in [0.1, 0.15) is 0 Å². The van der Waals surface area contributed by atoms with Crippen LogP contribution < -0.4 is 15.8 Å². The molecule has 0 aliphatic heterocycles. The molecule has 0 saturated carbocycles. The van der Waals surface area contributed by atoms with Gasteiger partial charge in [0, 0.05) is 17.3 Å². The molecule has 0 unspecified atom stereocenters. The molecule has 2 rings (SSSR count). The predicted molar refractivity (Wildman–Crippen MR) is 101 cm³/mol. The smallest absolute Gasteiger partial charge is 0.475 e. The van der Waals surface area contributed by atoms with Crippen molar-refractivity contribution in [2.24, 2.45) is 5.73 Å². The van der Waals surface area contributed by atoms with Gasteiger partial charge >= 0.3 is 12.1 Å². The molecule has 0 aliphatic carbocycles. The summed E-state index contributed by atoms with van der Waals surface area (Å²) in [5, 5.41) is 17.2. The van der Waals surface area contributed by atoms with Crippen molar-refractivity contribution in [3.05, 3.63) is 59.1 Å². The molecule has 2 aromatic rings. The number of benzene rings is 2. The zero-order valence-electron chi connectivity index (χ0n) is 14.5. The first kappa shape index (κ1) is 24.0. The molecule has 0 spiro atoms. The van der Waals surface area contributed by atoms with Crippen LogP contribution in [0.1, 0.15) is 5.56 Å². The van der Waals surface area contributed by atoms with Crippen molar-refractivity contribution in [1.29, 1.82) is 5.41 Å². The summed E-state index contributed by atoms with van der Waals surface area (Å²) >= 11 is 5.82. The van der Waals surface area contributed by atoms with E-state index in [0.29, 0.717) is 17.3 Å². The van der Waals surface area contributed by atoms with Gasteiger partial charge in [-0.1, -0.05) is 29.8 Å². The van der Waals surface area contributed by atoms with Crippen LogP contribution in [0, 0.1) is 5.41 Å². The number of hydrogen-bond donors (Lipinski definition) is 5. The molecule has 13 heteroatoms. The number of alkyl halides is 3. The quantitative estimate of drug-likeness (QED) is 0.348. The molecule has 158 valence electrons. The second-order valence-electron chi connectivity index (χ2n) is 5.33. The summed E-state index contributed by atoms with van der Waals surface area (Å²) in [6.07, 6.45) is -5.08. The van der Waals surface area contributed by atoms with Crippen LogP contribution in [0.2, 0.25) is 5.02 Å². The Bertz CT molecular complexity index is 984. The normalized spacial score (nSPS) is 11.0. The SMILES string of the molecule is N=C(N)NCc1cccc(NS(=O)(=O)c2cccc(Cl)c2)c1.O=C(O)C(F)(F)F. The maximum absolute atomic E-state index is 12.3. The molecule has 0 bridgehead atoms. The minimum Gasteiger partial charge on any atom is -0.475 e. The van der Waals surface area contributed by atoms with Crippen molar-refractivity contribution >= 4 is 39.2 Å². The molecule has 0 amide bonds. The number of halogens is 4. The number of nitrogens with one attached hydrogen (secondary N) is 3. The summed E-state index contributed by atoms with van der Waals surface area (Å²) in [7, 11) is -3.71. The van der Waals surface area contributed by atoms with Crippen molar-refractivity contribution in [2.45, 2.75) is 17.6 Å². The molecule has 0 radical (unpaired) electrons. The third kappa shape index (κ3) is 8.70. The fourth-order valence-electron chi connectivity index (χ4n) is 1.79. The Labute approximate surface area is 169 Å². The second kappa shape index (κ2) is 9.98. The number of carboxylic acid groups (broad SMARTS) is 1. The van der Waals surface area contributed by atoms with Gasteiger partial charge in [-0.05, 0) is 35.9 Å². The Kier molecular flexibility index (Phi) is 8.28. The van der Waals surface area contributed by atoms with Gasteiger partial charge in [-0.25, -0.2) is 13.2 Å². The molecule has 8 nitrogen and oxygen atoms in total. The Hall–Kier alpha value is -2.99. The maximum atomic E-state index is 12.3. The van der Waals surface area contributed by atoms with Crippen LogP contribution in [-0.4, -0.2) is 31.6 Å². The van der Waals surface area contributed by atoms with E-state index in [9.17, 15) is 21.6 Å².